The van der Waals surface area contributed by atoms with Crippen LogP contribution in [0.25, 0.3) is 11.3 Å². The maximum atomic E-state index is 13.0. The van der Waals surface area contributed by atoms with E-state index < -0.39 is 0 Å². The molecule has 0 radical (unpaired) electrons. The lowest BCUT2D eigenvalue weighted by molar-refractivity contribution is -0.0246. The van der Waals surface area contributed by atoms with E-state index in [0.717, 1.165) is 41.2 Å². The van der Waals surface area contributed by atoms with Gasteiger partial charge < -0.3 is 14.2 Å². The van der Waals surface area contributed by atoms with Crippen molar-refractivity contribution in [2.45, 2.75) is 39.7 Å². The molecule has 2 aromatic heterocycles. The van der Waals surface area contributed by atoms with Gasteiger partial charge in [0.25, 0.3) is 5.91 Å². The molecule has 1 aromatic carbocycles. The summed E-state index contributed by atoms with van der Waals surface area (Å²) in [7, 11) is 0. The van der Waals surface area contributed by atoms with Gasteiger partial charge in [-0.1, -0.05) is 37.2 Å². The highest BCUT2D eigenvalue weighted by molar-refractivity contribution is 5.94. The summed E-state index contributed by atoms with van der Waals surface area (Å²) in [5.74, 6) is 0.860. The van der Waals surface area contributed by atoms with Crippen LogP contribution in [0.2, 0.25) is 0 Å². The van der Waals surface area contributed by atoms with E-state index >= 15 is 0 Å². The van der Waals surface area contributed by atoms with Crippen molar-refractivity contribution in [2.75, 3.05) is 19.7 Å². The van der Waals surface area contributed by atoms with Gasteiger partial charge in [-0.3, -0.25) is 4.79 Å². The number of aryl methyl sites for hydroxylation is 3. The molecule has 3 heterocycles. The van der Waals surface area contributed by atoms with Gasteiger partial charge in [0.05, 0.1) is 35.8 Å². The number of carbonyl (C=O) groups excluding carboxylic acids is 1. The number of nitrogens with zero attached hydrogens (tertiary/aromatic N) is 3. The zero-order chi connectivity index (χ0) is 21.1. The molecule has 0 bridgehead atoms. The third-order valence-electron chi connectivity index (χ3n) is 5.57. The number of hydrogen-bond donors (Lipinski definition) is 0. The molecule has 6 heteroatoms. The Kier molecular flexibility index (Phi) is 5.95. The van der Waals surface area contributed by atoms with Crippen molar-refractivity contribution in [3.05, 3.63) is 70.7 Å². The topological polar surface area (TPSA) is 68.5 Å². The average Bonchev–Trinajstić information content (AvgIpc) is 3.19. The molecule has 1 aliphatic heterocycles. The zero-order valence-corrected chi connectivity index (χ0v) is 17.7. The number of ether oxygens (including phenoxy) is 1. The highest BCUT2D eigenvalue weighted by Gasteiger charge is 2.27. The second kappa shape index (κ2) is 8.79. The third kappa shape index (κ3) is 4.00. The Hall–Kier alpha value is -2.99. The van der Waals surface area contributed by atoms with Gasteiger partial charge in [-0.25, -0.2) is 4.98 Å². The first-order chi connectivity index (χ1) is 14.6. The molecule has 6 nitrogen and oxygen atoms in total. The minimum Gasteiger partial charge on any atom is -0.368 e. The summed E-state index contributed by atoms with van der Waals surface area (Å²) in [6, 6.07) is 13.7. The Balaban J connectivity index is 1.54. The molecule has 0 N–H and O–H groups in total. The van der Waals surface area contributed by atoms with Crippen molar-refractivity contribution in [1.82, 2.24) is 15.0 Å². The first-order valence-electron chi connectivity index (χ1n) is 10.5. The molecule has 30 heavy (non-hydrogen) atoms. The molecule has 0 aliphatic carbocycles. The monoisotopic (exact) mass is 405 g/mol. The molecule has 1 atom stereocenters. The predicted octanol–water partition coefficient (Wildman–Crippen LogP) is 4.38. The van der Waals surface area contributed by atoms with Gasteiger partial charge in [0, 0.05) is 18.5 Å². The molecular formula is C24H27N3O3. The van der Waals surface area contributed by atoms with Crippen LogP contribution in [-0.2, 0) is 17.6 Å². The summed E-state index contributed by atoms with van der Waals surface area (Å²) in [5.41, 5.74) is 5.34. The lowest BCUT2D eigenvalue weighted by Crippen LogP contribution is -2.42. The van der Waals surface area contributed by atoms with Crippen LogP contribution in [0.4, 0.5) is 0 Å². The van der Waals surface area contributed by atoms with Crippen molar-refractivity contribution in [3.8, 4) is 11.3 Å². The molecule has 1 aliphatic rings. The smallest absolute Gasteiger partial charge is 0.254 e. The van der Waals surface area contributed by atoms with Gasteiger partial charge in [-0.2, -0.15) is 0 Å². The van der Waals surface area contributed by atoms with Crippen LogP contribution in [0.1, 0.15) is 53.0 Å². The number of benzene rings is 1. The summed E-state index contributed by atoms with van der Waals surface area (Å²) >= 11 is 0. The molecule has 1 unspecified atom stereocenters. The molecule has 3 aromatic rings. The van der Waals surface area contributed by atoms with Crippen molar-refractivity contribution in [2.24, 2.45) is 0 Å². The number of rotatable bonds is 5. The first-order valence-corrected chi connectivity index (χ1v) is 10.5. The second-order valence-corrected chi connectivity index (χ2v) is 7.53. The van der Waals surface area contributed by atoms with E-state index in [0.29, 0.717) is 25.3 Å². The van der Waals surface area contributed by atoms with E-state index in [1.807, 2.05) is 61.2 Å². The first kappa shape index (κ1) is 20.3. The molecule has 0 spiro atoms. The predicted molar refractivity (Wildman–Crippen MR) is 114 cm³/mol. The van der Waals surface area contributed by atoms with Crippen molar-refractivity contribution in [1.29, 1.82) is 0 Å². The zero-order valence-electron chi connectivity index (χ0n) is 17.7. The highest BCUT2D eigenvalue weighted by Crippen LogP contribution is 2.29. The summed E-state index contributed by atoms with van der Waals surface area (Å²) in [5, 5.41) is 4.09. The minimum absolute atomic E-state index is 0.0326. The van der Waals surface area contributed by atoms with Gasteiger partial charge >= 0.3 is 0 Å². The molecule has 1 amide bonds. The average molecular weight is 405 g/mol. The fourth-order valence-electron chi connectivity index (χ4n) is 3.83. The third-order valence-corrected chi connectivity index (χ3v) is 5.57. The summed E-state index contributed by atoms with van der Waals surface area (Å²) in [6.45, 7) is 7.61. The SMILES string of the molecule is CCc1ccc(C(=O)N2CCOC(c3cccc(-c4c(C)noc4CC)n3)C2)cc1. The summed E-state index contributed by atoms with van der Waals surface area (Å²) < 4.78 is 11.4. The summed E-state index contributed by atoms with van der Waals surface area (Å²) in [6.07, 6.45) is 1.45. The van der Waals surface area contributed by atoms with Crippen LogP contribution in [0, 0.1) is 6.92 Å². The summed E-state index contributed by atoms with van der Waals surface area (Å²) in [4.78, 5) is 19.7. The molecule has 4 rings (SSSR count). The van der Waals surface area contributed by atoms with Crippen molar-refractivity contribution in [3.63, 3.8) is 0 Å². The fraction of sp³-hybridized carbons (Fsp3) is 0.375. The second-order valence-electron chi connectivity index (χ2n) is 7.53. The van der Waals surface area contributed by atoms with Gasteiger partial charge in [-0.15, -0.1) is 0 Å². The van der Waals surface area contributed by atoms with Crippen LogP contribution in [-0.4, -0.2) is 40.6 Å². The molecule has 0 saturated carbocycles. The number of aromatic nitrogens is 2. The van der Waals surface area contributed by atoms with Crippen LogP contribution in [0.5, 0.6) is 0 Å². The number of hydrogen-bond acceptors (Lipinski definition) is 5. The van der Waals surface area contributed by atoms with Gasteiger partial charge in [0.1, 0.15) is 11.9 Å². The normalized spacial score (nSPS) is 16.6. The van der Waals surface area contributed by atoms with E-state index in [4.69, 9.17) is 14.2 Å². The van der Waals surface area contributed by atoms with Crippen molar-refractivity contribution >= 4 is 5.91 Å². The number of amides is 1. The molecular weight excluding hydrogens is 378 g/mol. The number of carbonyl (C=O) groups is 1. The van der Waals surface area contributed by atoms with Crippen LogP contribution < -0.4 is 0 Å². The number of morpholine rings is 1. The Morgan fingerprint density at radius 3 is 2.67 bits per heavy atom. The highest BCUT2D eigenvalue weighted by atomic mass is 16.5. The standard InChI is InChI=1S/C24H27N3O3/c1-4-17-9-11-18(12-10-17)24(28)27-13-14-29-22(15-27)19-7-6-8-20(25-19)23-16(3)26-30-21(23)5-2/h6-12,22H,4-5,13-15H2,1-3H3. The largest absolute Gasteiger partial charge is 0.368 e. The van der Waals surface area contributed by atoms with Gasteiger partial charge in [0.15, 0.2) is 0 Å². The molecule has 1 saturated heterocycles. The van der Waals surface area contributed by atoms with Gasteiger partial charge in [0.2, 0.25) is 0 Å². The van der Waals surface area contributed by atoms with Crippen molar-refractivity contribution < 1.29 is 14.1 Å². The van der Waals surface area contributed by atoms with E-state index in [1.165, 1.54) is 5.56 Å². The van der Waals surface area contributed by atoms with E-state index in [9.17, 15) is 4.79 Å². The van der Waals surface area contributed by atoms with E-state index in [1.54, 1.807) is 0 Å². The lowest BCUT2D eigenvalue weighted by atomic mass is 10.1. The van der Waals surface area contributed by atoms with Crippen LogP contribution in [0.3, 0.4) is 0 Å². The molecule has 156 valence electrons. The Morgan fingerprint density at radius 1 is 1.13 bits per heavy atom. The van der Waals surface area contributed by atoms with E-state index in [2.05, 4.69) is 12.1 Å². The van der Waals surface area contributed by atoms with E-state index in [-0.39, 0.29) is 12.0 Å². The van der Waals surface area contributed by atoms with Gasteiger partial charge in [-0.05, 0) is 43.2 Å². The molecule has 1 fully saturated rings. The Labute approximate surface area is 176 Å². The fourth-order valence-corrected chi connectivity index (χ4v) is 3.83. The minimum atomic E-state index is -0.261. The quantitative estimate of drug-likeness (QED) is 0.630. The Morgan fingerprint density at radius 2 is 1.93 bits per heavy atom. The Bertz CT molecular complexity index is 1030. The van der Waals surface area contributed by atoms with Crippen LogP contribution >= 0.6 is 0 Å². The number of pyridine rings is 1. The maximum Gasteiger partial charge on any atom is 0.254 e. The van der Waals surface area contributed by atoms with Crippen LogP contribution in [0.15, 0.2) is 47.0 Å². The lowest BCUT2D eigenvalue weighted by Gasteiger charge is -2.33. The maximum absolute atomic E-state index is 13.0.